The zero-order valence-corrected chi connectivity index (χ0v) is 12.4. The number of rotatable bonds is 2. The molecule has 2 aromatic rings. The Morgan fingerprint density at radius 1 is 1.26 bits per heavy atom. The molecular formula is C18H23N. The van der Waals surface area contributed by atoms with Crippen LogP contribution >= 0.6 is 0 Å². The van der Waals surface area contributed by atoms with Crippen LogP contribution in [0.3, 0.4) is 0 Å². The predicted molar refractivity (Wildman–Crippen MR) is 83.8 cm³/mol. The van der Waals surface area contributed by atoms with Gasteiger partial charge in [-0.05, 0) is 59.9 Å². The molecule has 2 atom stereocenters. The van der Waals surface area contributed by atoms with E-state index in [1.54, 1.807) is 11.1 Å². The lowest BCUT2D eigenvalue weighted by Crippen LogP contribution is -1.97. The summed E-state index contributed by atoms with van der Waals surface area (Å²) in [6.07, 6.45) is 9.04. The molecule has 1 aliphatic rings. The van der Waals surface area contributed by atoms with Crippen molar-refractivity contribution in [3.05, 3.63) is 40.6 Å². The molecule has 1 heterocycles. The summed E-state index contributed by atoms with van der Waals surface area (Å²) in [5.74, 6) is 1.36. The third-order valence-corrected chi connectivity index (χ3v) is 4.62. The van der Waals surface area contributed by atoms with Crippen molar-refractivity contribution in [3.63, 3.8) is 0 Å². The molecule has 0 amide bonds. The van der Waals surface area contributed by atoms with Crippen molar-refractivity contribution in [1.82, 2.24) is 4.98 Å². The summed E-state index contributed by atoms with van der Waals surface area (Å²) in [6, 6.07) is 2.23. The number of hydrogen-bond donors (Lipinski definition) is 1. The molecule has 0 saturated carbocycles. The van der Waals surface area contributed by atoms with Crippen LogP contribution in [-0.4, -0.2) is 4.98 Å². The molecule has 100 valence electrons. The van der Waals surface area contributed by atoms with Gasteiger partial charge >= 0.3 is 0 Å². The largest absolute Gasteiger partial charge is 0.361 e. The Balaban J connectivity index is 2.37. The highest BCUT2D eigenvalue weighted by atomic mass is 14.7. The lowest BCUT2D eigenvalue weighted by molar-refractivity contribution is 0.661. The Bertz CT molecular complexity index is 645. The Morgan fingerprint density at radius 3 is 2.74 bits per heavy atom. The number of aromatic amines is 1. The number of aromatic nitrogens is 1. The molecule has 0 aliphatic heterocycles. The highest BCUT2D eigenvalue weighted by molar-refractivity contribution is 5.94. The van der Waals surface area contributed by atoms with E-state index in [4.69, 9.17) is 0 Å². The highest BCUT2D eigenvalue weighted by Gasteiger charge is 2.30. The molecule has 0 bridgehead atoms. The third kappa shape index (κ3) is 1.75. The lowest BCUT2D eigenvalue weighted by Gasteiger charge is -2.15. The number of fused-ring (bicyclic) bond motifs is 3. The predicted octanol–water partition coefficient (Wildman–Crippen LogP) is 5.51. The van der Waals surface area contributed by atoms with E-state index in [1.807, 2.05) is 0 Å². The second kappa shape index (κ2) is 4.56. The molecule has 1 aliphatic carbocycles. The van der Waals surface area contributed by atoms with E-state index >= 15 is 0 Å². The molecule has 1 aromatic carbocycles. The summed E-state index contributed by atoms with van der Waals surface area (Å²) >= 11 is 0. The maximum absolute atomic E-state index is 3.48. The molecule has 0 radical (unpaired) electrons. The van der Waals surface area contributed by atoms with Crippen LogP contribution in [0.1, 0.15) is 67.7 Å². The Morgan fingerprint density at radius 2 is 2.00 bits per heavy atom. The third-order valence-electron chi connectivity index (χ3n) is 4.62. The minimum Gasteiger partial charge on any atom is -0.361 e. The molecule has 1 aromatic heterocycles. The van der Waals surface area contributed by atoms with E-state index in [0.717, 1.165) is 6.42 Å². The summed E-state index contributed by atoms with van der Waals surface area (Å²) in [4.78, 5) is 3.48. The van der Waals surface area contributed by atoms with Gasteiger partial charge in [0.2, 0.25) is 0 Å². The maximum atomic E-state index is 3.48. The molecule has 0 fully saturated rings. The van der Waals surface area contributed by atoms with E-state index in [9.17, 15) is 0 Å². The average molecular weight is 253 g/mol. The summed E-state index contributed by atoms with van der Waals surface area (Å²) in [5.41, 5.74) is 7.44. The minimum absolute atomic E-state index is 0.675. The van der Waals surface area contributed by atoms with Crippen molar-refractivity contribution in [2.75, 3.05) is 0 Å². The fourth-order valence-electron chi connectivity index (χ4n) is 3.86. The van der Waals surface area contributed by atoms with Gasteiger partial charge < -0.3 is 4.98 Å². The van der Waals surface area contributed by atoms with Gasteiger partial charge in [-0.25, -0.2) is 0 Å². The Hall–Kier alpha value is -1.50. The highest BCUT2D eigenvalue weighted by Crippen LogP contribution is 2.47. The van der Waals surface area contributed by atoms with Gasteiger partial charge in [0, 0.05) is 17.1 Å². The zero-order valence-electron chi connectivity index (χ0n) is 12.4. The zero-order chi connectivity index (χ0) is 13.6. The fraction of sp³-hybridized carbons (Fsp3) is 0.444. The summed E-state index contributed by atoms with van der Waals surface area (Å²) in [5, 5.41) is 1.39. The Labute approximate surface area is 115 Å². The summed E-state index contributed by atoms with van der Waals surface area (Å²) in [6.45, 7) is 9.23. The lowest BCUT2D eigenvalue weighted by atomic mass is 9.90. The van der Waals surface area contributed by atoms with Gasteiger partial charge in [0.1, 0.15) is 0 Å². The van der Waals surface area contributed by atoms with Crippen molar-refractivity contribution in [2.45, 2.75) is 52.4 Å². The normalized spacial score (nSPS) is 22.5. The van der Waals surface area contributed by atoms with Crippen LogP contribution in [0.4, 0.5) is 0 Å². The van der Waals surface area contributed by atoms with Crippen molar-refractivity contribution in [1.29, 1.82) is 0 Å². The second-order valence-electron chi connectivity index (χ2n) is 5.98. The van der Waals surface area contributed by atoms with E-state index < -0.39 is 0 Å². The number of H-pyrrole nitrogens is 1. The number of benzene rings is 1. The molecule has 0 saturated heterocycles. The van der Waals surface area contributed by atoms with Crippen LogP contribution in [0.25, 0.3) is 17.0 Å². The van der Waals surface area contributed by atoms with E-state index in [1.165, 1.54) is 28.5 Å². The molecular weight excluding hydrogens is 230 g/mol. The first kappa shape index (κ1) is 12.5. The summed E-state index contributed by atoms with van der Waals surface area (Å²) < 4.78 is 0. The number of nitrogens with one attached hydrogen (secondary N) is 1. The van der Waals surface area contributed by atoms with Crippen LogP contribution in [0.2, 0.25) is 0 Å². The molecule has 3 rings (SSSR count). The molecule has 1 heteroatoms. The van der Waals surface area contributed by atoms with Crippen molar-refractivity contribution < 1.29 is 0 Å². The Kier molecular flexibility index (Phi) is 3.00. The van der Waals surface area contributed by atoms with E-state index in [-0.39, 0.29) is 0 Å². The van der Waals surface area contributed by atoms with E-state index in [2.05, 4.69) is 57.1 Å². The van der Waals surface area contributed by atoms with E-state index in [0.29, 0.717) is 11.8 Å². The minimum atomic E-state index is 0.675. The quantitative estimate of drug-likeness (QED) is 0.726. The molecule has 0 spiro atoms. The van der Waals surface area contributed by atoms with Crippen LogP contribution in [0.5, 0.6) is 0 Å². The molecule has 1 N–H and O–H groups in total. The van der Waals surface area contributed by atoms with Crippen molar-refractivity contribution in [3.8, 4) is 0 Å². The van der Waals surface area contributed by atoms with Crippen molar-refractivity contribution in [2.24, 2.45) is 0 Å². The van der Waals surface area contributed by atoms with Crippen LogP contribution in [0.15, 0.2) is 18.3 Å². The van der Waals surface area contributed by atoms with Crippen LogP contribution in [-0.2, 0) is 0 Å². The van der Waals surface area contributed by atoms with Crippen LogP contribution in [0, 0.1) is 6.92 Å². The molecule has 1 nitrogen and oxygen atoms in total. The molecule has 19 heavy (non-hydrogen) atoms. The monoisotopic (exact) mass is 253 g/mol. The summed E-state index contributed by atoms with van der Waals surface area (Å²) in [7, 11) is 0. The first-order valence-corrected chi connectivity index (χ1v) is 7.45. The van der Waals surface area contributed by atoms with Crippen molar-refractivity contribution >= 4 is 17.0 Å². The van der Waals surface area contributed by atoms with Gasteiger partial charge in [-0.1, -0.05) is 32.9 Å². The number of hydrogen-bond acceptors (Lipinski definition) is 0. The standard InChI is InChI=1S/C18H23N/c1-5-6-7-14-13(4)16-11(2)10-12(3)17(16)18-15(14)8-9-19-18/h6-9,11-12,19H,5,10H2,1-4H3/b7-6+/t11-,12+/m1/s1. The van der Waals surface area contributed by atoms with Gasteiger partial charge in [0.25, 0.3) is 0 Å². The second-order valence-corrected chi connectivity index (χ2v) is 5.98. The number of allylic oxidation sites excluding steroid dienone is 1. The first-order valence-electron chi connectivity index (χ1n) is 7.45. The van der Waals surface area contributed by atoms with Gasteiger partial charge in [0.15, 0.2) is 0 Å². The van der Waals surface area contributed by atoms with Gasteiger partial charge in [0.05, 0.1) is 0 Å². The van der Waals surface area contributed by atoms with Gasteiger partial charge in [-0.15, -0.1) is 0 Å². The maximum Gasteiger partial charge on any atom is 0.0498 e. The smallest absolute Gasteiger partial charge is 0.0498 e. The van der Waals surface area contributed by atoms with Gasteiger partial charge in [-0.2, -0.15) is 0 Å². The SMILES string of the molecule is CC/C=C/c1c(C)c2c(c3[nH]ccc13)[C@@H](C)C[C@H]2C. The topological polar surface area (TPSA) is 15.8 Å². The van der Waals surface area contributed by atoms with Gasteiger partial charge in [-0.3, -0.25) is 0 Å². The fourth-order valence-corrected chi connectivity index (χ4v) is 3.86. The average Bonchev–Trinajstić information content (AvgIpc) is 2.94. The first-order chi connectivity index (χ1) is 9.15. The van der Waals surface area contributed by atoms with Crippen LogP contribution < -0.4 is 0 Å². The molecule has 0 unspecified atom stereocenters.